The van der Waals surface area contributed by atoms with Crippen LogP contribution in [0.1, 0.15) is 46.2 Å². The number of carbonyl (C=O) groups excluding carboxylic acids is 1. The average molecular weight is 379 g/mol. The van der Waals surface area contributed by atoms with Crippen molar-refractivity contribution in [2.24, 2.45) is 5.92 Å². The molecule has 4 heterocycles. The molecular formula is C20H21N5O3. The summed E-state index contributed by atoms with van der Waals surface area (Å²) in [6.07, 6.45) is 3.70. The summed E-state index contributed by atoms with van der Waals surface area (Å²) in [5.74, 6) is 2.63. The fourth-order valence-corrected chi connectivity index (χ4v) is 3.66. The van der Waals surface area contributed by atoms with Crippen LogP contribution in [0.2, 0.25) is 0 Å². The summed E-state index contributed by atoms with van der Waals surface area (Å²) in [4.78, 5) is 34.5. The van der Waals surface area contributed by atoms with E-state index in [1.54, 1.807) is 11.0 Å². The molecule has 1 saturated carbocycles. The van der Waals surface area contributed by atoms with E-state index in [-0.39, 0.29) is 11.5 Å². The minimum absolute atomic E-state index is 0.0667. The summed E-state index contributed by atoms with van der Waals surface area (Å²) in [5, 5.41) is 7.01. The van der Waals surface area contributed by atoms with Gasteiger partial charge < -0.3 is 14.3 Å². The SMILES string of the molecule is Cc1ccc(-c2cc(C(=O)N3CCc4c(nc(CC5CC5)[nH]c4=O)C3)n[nH]2)o1. The Morgan fingerprint density at radius 2 is 2.21 bits per heavy atom. The Balaban J connectivity index is 1.36. The van der Waals surface area contributed by atoms with E-state index in [1.165, 1.54) is 12.8 Å². The molecule has 0 radical (unpaired) electrons. The minimum atomic E-state index is -0.178. The predicted octanol–water partition coefficient (Wildman–Crippen LogP) is 2.21. The second-order valence-corrected chi connectivity index (χ2v) is 7.64. The molecule has 5 rings (SSSR count). The smallest absolute Gasteiger partial charge is 0.274 e. The maximum Gasteiger partial charge on any atom is 0.274 e. The van der Waals surface area contributed by atoms with Crippen molar-refractivity contribution in [3.63, 3.8) is 0 Å². The van der Waals surface area contributed by atoms with E-state index in [0.29, 0.717) is 53.8 Å². The number of H-pyrrole nitrogens is 2. The third kappa shape index (κ3) is 3.15. The average Bonchev–Trinajstić information content (AvgIpc) is 3.17. The maximum atomic E-state index is 12.9. The molecule has 1 aliphatic carbocycles. The summed E-state index contributed by atoms with van der Waals surface area (Å²) in [6, 6.07) is 5.40. The van der Waals surface area contributed by atoms with Crippen molar-refractivity contribution in [3.8, 4) is 11.5 Å². The molecule has 0 aromatic carbocycles. The van der Waals surface area contributed by atoms with Gasteiger partial charge in [-0.2, -0.15) is 5.10 Å². The van der Waals surface area contributed by atoms with Crippen molar-refractivity contribution in [2.45, 2.75) is 39.2 Å². The first-order valence-corrected chi connectivity index (χ1v) is 9.59. The zero-order valence-electron chi connectivity index (χ0n) is 15.6. The number of aryl methyl sites for hydroxylation is 1. The van der Waals surface area contributed by atoms with Crippen LogP contribution in [0.15, 0.2) is 27.4 Å². The number of hydrogen-bond donors (Lipinski definition) is 2. The lowest BCUT2D eigenvalue weighted by atomic mass is 10.1. The molecular weight excluding hydrogens is 358 g/mol. The van der Waals surface area contributed by atoms with Crippen molar-refractivity contribution in [1.82, 2.24) is 25.1 Å². The molecule has 1 aliphatic heterocycles. The fraction of sp³-hybridized carbons (Fsp3) is 0.400. The number of amides is 1. The van der Waals surface area contributed by atoms with E-state index >= 15 is 0 Å². The molecule has 2 aliphatic rings. The van der Waals surface area contributed by atoms with Gasteiger partial charge in [-0.1, -0.05) is 0 Å². The fourth-order valence-electron chi connectivity index (χ4n) is 3.66. The van der Waals surface area contributed by atoms with Gasteiger partial charge in [-0.3, -0.25) is 14.7 Å². The molecule has 0 unspecified atom stereocenters. The monoisotopic (exact) mass is 379 g/mol. The molecule has 8 nitrogen and oxygen atoms in total. The van der Waals surface area contributed by atoms with Crippen LogP contribution in [0, 0.1) is 12.8 Å². The van der Waals surface area contributed by atoms with Gasteiger partial charge >= 0.3 is 0 Å². The van der Waals surface area contributed by atoms with Crippen molar-refractivity contribution < 1.29 is 9.21 Å². The Kier molecular flexibility index (Phi) is 3.92. The molecule has 8 heteroatoms. The van der Waals surface area contributed by atoms with Gasteiger partial charge in [-0.15, -0.1) is 0 Å². The topological polar surface area (TPSA) is 108 Å². The highest BCUT2D eigenvalue weighted by atomic mass is 16.3. The molecule has 0 bridgehead atoms. The highest BCUT2D eigenvalue weighted by Crippen LogP contribution is 2.31. The number of nitrogens with one attached hydrogen (secondary N) is 2. The number of nitrogens with zero attached hydrogens (tertiary/aromatic N) is 3. The van der Waals surface area contributed by atoms with Crippen LogP contribution in [0.25, 0.3) is 11.5 Å². The minimum Gasteiger partial charge on any atom is -0.460 e. The Morgan fingerprint density at radius 1 is 1.36 bits per heavy atom. The number of fused-ring (bicyclic) bond motifs is 1. The predicted molar refractivity (Wildman–Crippen MR) is 101 cm³/mol. The van der Waals surface area contributed by atoms with E-state index in [4.69, 9.17) is 4.42 Å². The molecule has 3 aromatic heterocycles. The van der Waals surface area contributed by atoms with Crippen molar-refractivity contribution in [3.05, 3.63) is 57.1 Å². The van der Waals surface area contributed by atoms with Crippen molar-refractivity contribution in [1.29, 1.82) is 0 Å². The first-order valence-electron chi connectivity index (χ1n) is 9.59. The molecule has 28 heavy (non-hydrogen) atoms. The summed E-state index contributed by atoms with van der Waals surface area (Å²) in [6.45, 7) is 2.67. The lowest BCUT2D eigenvalue weighted by Gasteiger charge is -2.27. The Bertz CT molecular complexity index is 1110. The van der Waals surface area contributed by atoms with Crippen molar-refractivity contribution in [2.75, 3.05) is 6.54 Å². The van der Waals surface area contributed by atoms with Gasteiger partial charge in [0.2, 0.25) is 0 Å². The van der Waals surface area contributed by atoms with E-state index in [9.17, 15) is 9.59 Å². The number of carbonyl (C=O) groups is 1. The van der Waals surface area contributed by atoms with Crippen LogP contribution in [-0.4, -0.2) is 37.5 Å². The lowest BCUT2D eigenvalue weighted by Crippen LogP contribution is -2.39. The van der Waals surface area contributed by atoms with E-state index in [1.807, 2.05) is 19.1 Å². The Hall–Kier alpha value is -3.16. The van der Waals surface area contributed by atoms with Crippen LogP contribution >= 0.6 is 0 Å². The summed E-state index contributed by atoms with van der Waals surface area (Å²) >= 11 is 0. The molecule has 1 amide bonds. The van der Waals surface area contributed by atoms with Gasteiger partial charge in [0.15, 0.2) is 11.5 Å². The maximum absolute atomic E-state index is 12.9. The highest BCUT2D eigenvalue weighted by Gasteiger charge is 2.28. The normalized spacial score (nSPS) is 16.2. The van der Waals surface area contributed by atoms with E-state index < -0.39 is 0 Å². The zero-order valence-corrected chi connectivity index (χ0v) is 15.6. The van der Waals surface area contributed by atoms with Crippen LogP contribution in [0.4, 0.5) is 0 Å². The largest absolute Gasteiger partial charge is 0.460 e. The first kappa shape index (κ1) is 17.0. The first-order chi connectivity index (χ1) is 13.6. The Morgan fingerprint density at radius 3 is 2.96 bits per heavy atom. The number of hydrogen-bond acceptors (Lipinski definition) is 5. The third-order valence-corrected chi connectivity index (χ3v) is 5.39. The standard InChI is InChI=1S/C20H21N5O3/c1-11-2-5-17(28-11)14-9-15(24-23-14)20(27)25-7-6-13-16(10-25)21-18(22-19(13)26)8-12-3-4-12/h2,5,9,12H,3-4,6-8,10H2,1H3,(H,23,24)(H,21,22,26). The van der Waals surface area contributed by atoms with Crippen LogP contribution in [0.3, 0.4) is 0 Å². The van der Waals surface area contributed by atoms with Crippen LogP contribution in [-0.2, 0) is 19.4 Å². The molecule has 0 spiro atoms. The zero-order chi connectivity index (χ0) is 19.3. The highest BCUT2D eigenvalue weighted by molar-refractivity contribution is 5.93. The van der Waals surface area contributed by atoms with Gasteiger partial charge in [0.25, 0.3) is 11.5 Å². The molecule has 3 aromatic rings. The summed E-state index contributed by atoms with van der Waals surface area (Å²) in [7, 11) is 0. The van der Waals surface area contributed by atoms with Gasteiger partial charge in [0, 0.05) is 24.6 Å². The van der Waals surface area contributed by atoms with Gasteiger partial charge in [0.1, 0.15) is 17.3 Å². The lowest BCUT2D eigenvalue weighted by molar-refractivity contribution is 0.0725. The van der Waals surface area contributed by atoms with Gasteiger partial charge in [-0.05, 0) is 44.2 Å². The molecule has 0 atom stereocenters. The molecule has 1 fully saturated rings. The second-order valence-electron chi connectivity index (χ2n) is 7.64. The summed E-state index contributed by atoms with van der Waals surface area (Å²) < 4.78 is 5.57. The molecule has 144 valence electrons. The van der Waals surface area contributed by atoms with Gasteiger partial charge in [0.05, 0.1) is 12.2 Å². The van der Waals surface area contributed by atoms with Crippen molar-refractivity contribution >= 4 is 5.91 Å². The number of aromatic nitrogens is 4. The molecule has 2 N–H and O–H groups in total. The number of rotatable bonds is 4. The Labute approximate surface area is 161 Å². The third-order valence-electron chi connectivity index (χ3n) is 5.39. The van der Waals surface area contributed by atoms with Crippen LogP contribution in [0.5, 0.6) is 0 Å². The van der Waals surface area contributed by atoms with Crippen LogP contribution < -0.4 is 5.56 Å². The number of aromatic amines is 2. The second kappa shape index (κ2) is 6.47. The van der Waals surface area contributed by atoms with E-state index in [0.717, 1.165) is 18.0 Å². The summed E-state index contributed by atoms with van der Waals surface area (Å²) in [5.41, 5.74) is 2.32. The number of furan rings is 1. The van der Waals surface area contributed by atoms with Gasteiger partial charge in [-0.25, -0.2) is 4.98 Å². The van der Waals surface area contributed by atoms with E-state index in [2.05, 4.69) is 20.2 Å². The molecule has 0 saturated heterocycles. The quantitative estimate of drug-likeness (QED) is 0.723.